The molecular formula is C11H18N2O7. The van der Waals surface area contributed by atoms with E-state index in [0.29, 0.717) is 0 Å². The Kier molecular flexibility index (Phi) is 4.25. The summed E-state index contributed by atoms with van der Waals surface area (Å²) in [7, 11) is 0. The molecule has 9 nitrogen and oxygen atoms in total. The van der Waals surface area contributed by atoms with Crippen LogP contribution in [-0.2, 0) is 19.1 Å². The van der Waals surface area contributed by atoms with Gasteiger partial charge < -0.3 is 30.5 Å². The quantitative estimate of drug-likeness (QED) is 0.337. The molecule has 0 bridgehead atoms. The van der Waals surface area contributed by atoms with Crippen LogP contribution in [0.3, 0.4) is 0 Å². The predicted molar refractivity (Wildman–Crippen MR) is 63.0 cm³/mol. The highest BCUT2D eigenvalue weighted by atomic mass is 16.7. The van der Waals surface area contributed by atoms with Gasteiger partial charge in [0.25, 0.3) is 5.79 Å². The van der Waals surface area contributed by atoms with E-state index in [4.69, 9.17) is 15.2 Å². The first-order chi connectivity index (χ1) is 9.35. The first-order valence-corrected chi connectivity index (χ1v) is 6.28. The molecule has 2 rings (SSSR count). The second-order valence-corrected chi connectivity index (χ2v) is 4.99. The van der Waals surface area contributed by atoms with Crippen LogP contribution in [0.15, 0.2) is 0 Å². The van der Waals surface area contributed by atoms with Crippen molar-refractivity contribution >= 4 is 11.9 Å². The van der Waals surface area contributed by atoms with Crippen LogP contribution in [0, 0.1) is 0 Å². The molecule has 0 aromatic carbocycles. The van der Waals surface area contributed by atoms with Gasteiger partial charge in [-0.15, -0.1) is 0 Å². The Bertz CT molecular complexity index is 404. The summed E-state index contributed by atoms with van der Waals surface area (Å²) in [4.78, 5) is 22.5. The Morgan fingerprint density at radius 3 is 2.75 bits per heavy atom. The van der Waals surface area contributed by atoms with E-state index in [1.165, 1.54) is 0 Å². The number of ether oxygens (including phenoxy) is 2. The molecule has 0 saturated carbocycles. The summed E-state index contributed by atoms with van der Waals surface area (Å²) in [6.07, 6.45) is -4.10. The molecule has 0 aliphatic carbocycles. The monoisotopic (exact) mass is 290 g/mol. The third-order valence-electron chi connectivity index (χ3n) is 3.50. The highest BCUT2D eigenvalue weighted by molar-refractivity contribution is 5.79. The van der Waals surface area contributed by atoms with E-state index in [1.54, 1.807) is 0 Å². The average molecular weight is 290 g/mol. The molecule has 2 aliphatic rings. The maximum absolute atomic E-state index is 11.8. The second kappa shape index (κ2) is 5.62. The Balaban J connectivity index is 2.01. The van der Waals surface area contributed by atoms with Gasteiger partial charge in [0, 0.05) is 6.42 Å². The number of hydrogen-bond acceptors (Lipinski definition) is 8. The SMILES string of the molecule is NC(=O)CC[C@@H]1NC[C@]2(OC[C@@H](O)[C@@H](O)[C@@H]2O)OC1=O. The van der Waals surface area contributed by atoms with Crippen molar-refractivity contribution in [2.24, 2.45) is 5.73 Å². The van der Waals surface area contributed by atoms with Crippen LogP contribution in [0.2, 0.25) is 0 Å². The lowest BCUT2D eigenvalue weighted by molar-refractivity contribution is -0.330. The van der Waals surface area contributed by atoms with Gasteiger partial charge in [-0.3, -0.25) is 14.9 Å². The van der Waals surface area contributed by atoms with Crippen LogP contribution in [0.5, 0.6) is 0 Å². The topological polar surface area (TPSA) is 151 Å². The molecule has 0 aromatic rings. The van der Waals surface area contributed by atoms with Crippen molar-refractivity contribution in [3.05, 3.63) is 0 Å². The van der Waals surface area contributed by atoms with Crippen LogP contribution in [0.4, 0.5) is 0 Å². The first-order valence-electron chi connectivity index (χ1n) is 6.28. The molecule has 5 atom stereocenters. The van der Waals surface area contributed by atoms with Crippen molar-refractivity contribution in [3.63, 3.8) is 0 Å². The van der Waals surface area contributed by atoms with Gasteiger partial charge in [0.15, 0.2) is 0 Å². The summed E-state index contributed by atoms with van der Waals surface area (Å²) in [6.45, 7) is -0.327. The van der Waals surface area contributed by atoms with Gasteiger partial charge in [0.2, 0.25) is 5.91 Å². The number of aliphatic hydroxyl groups excluding tert-OH is 3. The normalized spacial score (nSPS) is 41.5. The van der Waals surface area contributed by atoms with E-state index in [-0.39, 0.29) is 26.0 Å². The number of primary amides is 1. The number of carbonyl (C=O) groups is 2. The van der Waals surface area contributed by atoms with Crippen molar-refractivity contribution in [3.8, 4) is 0 Å². The lowest BCUT2D eigenvalue weighted by atomic mass is 9.94. The molecule has 0 radical (unpaired) electrons. The summed E-state index contributed by atoms with van der Waals surface area (Å²) in [6, 6.07) is -0.729. The molecule has 20 heavy (non-hydrogen) atoms. The predicted octanol–water partition coefficient (Wildman–Crippen LogP) is -3.42. The number of carbonyl (C=O) groups excluding carboxylic acids is 2. The van der Waals surface area contributed by atoms with Gasteiger partial charge in [-0.1, -0.05) is 0 Å². The Morgan fingerprint density at radius 2 is 2.15 bits per heavy atom. The van der Waals surface area contributed by atoms with Gasteiger partial charge in [-0.2, -0.15) is 0 Å². The number of esters is 1. The van der Waals surface area contributed by atoms with E-state index in [9.17, 15) is 24.9 Å². The van der Waals surface area contributed by atoms with E-state index in [1.807, 2.05) is 0 Å². The molecule has 0 aromatic heterocycles. The first kappa shape index (κ1) is 15.1. The zero-order chi connectivity index (χ0) is 14.9. The van der Waals surface area contributed by atoms with Crippen LogP contribution >= 0.6 is 0 Å². The van der Waals surface area contributed by atoms with Crippen molar-refractivity contribution < 1.29 is 34.4 Å². The molecule has 6 N–H and O–H groups in total. The summed E-state index contributed by atoms with van der Waals surface area (Å²) < 4.78 is 10.3. The Hall–Kier alpha value is -1.26. The highest BCUT2D eigenvalue weighted by Gasteiger charge is 2.55. The number of amides is 1. The molecule has 1 amide bonds. The molecule has 9 heteroatoms. The average Bonchev–Trinajstić information content (AvgIpc) is 2.40. The molecule has 114 valence electrons. The van der Waals surface area contributed by atoms with Gasteiger partial charge >= 0.3 is 5.97 Å². The van der Waals surface area contributed by atoms with Crippen LogP contribution in [0.25, 0.3) is 0 Å². The van der Waals surface area contributed by atoms with E-state index in [0.717, 1.165) is 0 Å². The molecule has 0 unspecified atom stereocenters. The van der Waals surface area contributed by atoms with Gasteiger partial charge in [-0.05, 0) is 6.42 Å². The summed E-state index contributed by atoms with van der Waals surface area (Å²) in [5, 5.41) is 31.7. The Labute approximate surface area is 114 Å². The third kappa shape index (κ3) is 2.76. The van der Waals surface area contributed by atoms with Crippen molar-refractivity contribution in [1.29, 1.82) is 0 Å². The van der Waals surface area contributed by atoms with Crippen molar-refractivity contribution in [2.45, 2.75) is 43.0 Å². The molecule has 2 heterocycles. The number of morpholine rings is 1. The molecule has 2 saturated heterocycles. The van der Waals surface area contributed by atoms with Crippen LogP contribution in [0.1, 0.15) is 12.8 Å². The summed E-state index contributed by atoms with van der Waals surface area (Å²) in [5.41, 5.74) is 5.00. The largest absolute Gasteiger partial charge is 0.427 e. The number of nitrogens with one attached hydrogen (secondary N) is 1. The van der Waals surface area contributed by atoms with Crippen LogP contribution in [-0.4, -0.2) is 70.5 Å². The molecule has 2 aliphatic heterocycles. The minimum Gasteiger partial charge on any atom is -0.427 e. The lowest BCUT2D eigenvalue weighted by Crippen LogP contribution is -2.70. The lowest BCUT2D eigenvalue weighted by Gasteiger charge is -2.47. The van der Waals surface area contributed by atoms with E-state index < -0.39 is 42.0 Å². The standard InChI is InChI=1S/C11H18N2O7/c12-7(15)2-1-5-10(18)20-11(4-13-5)9(17)8(16)6(14)3-19-11/h5-6,8-9,13-14,16-17H,1-4H2,(H2,12,15)/t5-,6+,8+,9-,11-/m0/s1. The number of aliphatic hydroxyl groups is 3. The maximum atomic E-state index is 11.8. The van der Waals surface area contributed by atoms with Gasteiger partial charge in [0.1, 0.15) is 24.4 Å². The fraction of sp³-hybridized carbons (Fsp3) is 0.818. The van der Waals surface area contributed by atoms with Crippen molar-refractivity contribution in [2.75, 3.05) is 13.2 Å². The third-order valence-corrected chi connectivity index (χ3v) is 3.50. The number of rotatable bonds is 3. The fourth-order valence-electron chi connectivity index (χ4n) is 2.26. The van der Waals surface area contributed by atoms with E-state index in [2.05, 4.69) is 5.32 Å². The summed E-state index contributed by atoms with van der Waals surface area (Å²) >= 11 is 0. The highest BCUT2D eigenvalue weighted by Crippen LogP contribution is 2.30. The summed E-state index contributed by atoms with van der Waals surface area (Å²) in [5.74, 6) is -2.97. The second-order valence-electron chi connectivity index (χ2n) is 4.99. The number of nitrogens with two attached hydrogens (primary N) is 1. The maximum Gasteiger partial charge on any atom is 0.325 e. The van der Waals surface area contributed by atoms with E-state index >= 15 is 0 Å². The fourth-order valence-corrected chi connectivity index (χ4v) is 2.26. The van der Waals surface area contributed by atoms with Gasteiger partial charge in [0.05, 0.1) is 13.2 Å². The smallest absolute Gasteiger partial charge is 0.325 e. The van der Waals surface area contributed by atoms with Crippen molar-refractivity contribution in [1.82, 2.24) is 5.32 Å². The molecule has 2 fully saturated rings. The minimum absolute atomic E-state index is 0.0184. The van der Waals surface area contributed by atoms with Crippen LogP contribution < -0.4 is 11.1 Å². The Morgan fingerprint density at radius 1 is 1.45 bits per heavy atom. The molecular weight excluding hydrogens is 272 g/mol. The number of hydrogen-bond donors (Lipinski definition) is 5. The zero-order valence-corrected chi connectivity index (χ0v) is 10.7. The molecule has 1 spiro atoms. The minimum atomic E-state index is -1.72. The zero-order valence-electron chi connectivity index (χ0n) is 10.7. The van der Waals surface area contributed by atoms with Gasteiger partial charge in [-0.25, -0.2) is 0 Å².